The highest BCUT2D eigenvalue weighted by atomic mass is 79.9. The van der Waals surface area contributed by atoms with Crippen LogP contribution in [-0.4, -0.2) is 13.4 Å². The summed E-state index contributed by atoms with van der Waals surface area (Å²) < 4.78 is 40.3. The molecule has 0 aromatic carbocycles. The number of hydrogen-bond donors (Lipinski definition) is 2. The van der Waals surface area contributed by atoms with E-state index in [0.29, 0.717) is 8.66 Å². The van der Waals surface area contributed by atoms with Crippen molar-refractivity contribution in [2.24, 2.45) is 5.73 Å². The number of hydrogen-bond acceptors (Lipinski definition) is 5. The van der Waals surface area contributed by atoms with Gasteiger partial charge in [0.2, 0.25) is 0 Å². The number of nitrogens with one attached hydrogen (secondary N) is 1. The molecule has 0 radical (unpaired) electrons. The molecular weight excluding hydrogens is 357 g/mol. The Labute approximate surface area is 121 Å². The molecule has 0 aliphatic heterocycles. The van der Waals surface area contributed by atoms with E-state index in [1.165, 1.54) is 29.7 Å². The van der Waals surface area contributed by atoms with Gasteiger partial charge in [0.15, 0.2) is 5.82 Å². The monoisotopic (exact) mass is 365 g/mol. The predicted octanol–water partition coefficient (Wildman–Crippen LogP) is 2.30. The molecule has 2 aromatic rings. The van der Waals surface area contributed by atoms with Gasteiger partial charge in [-0.25, -0.2) is 12.8 Å². The summed E-state index contributed by atoms with van der Waals surface area (Å²) in [6.07, 6.45) is 2.24. The number of sulfonamides is 1. The molecule has 2 aromatic heterocycles. The minimum atomic E-state index is -3.87. The van der Waals surface area contributed by atoms with Crippen LogP contribution < -0.4 is 10.5 Å². The molecule has 2 heterocycles. The van der Waals surface area contributed by atoms with Crippen molar-refractivity contribution in [1.82, 2.24) is 4.98 Å². The second-order valence-electron chi connectivity index (χ2n) is 3.52. The first-order valence-corrected chi connectivity index (χ1v) is 8.14. The van der Waals surface area contributed by atoms with Gasteiger partial charge in [0.1, 0.15) is 4.90 Å². The molecule has 0 saturated carbocycles. The fourth-order valence-electron chi connectivity index (χ4n) is 1.34. The molecule has 102 valence electrons. The van der Waals surface area contributed by atoms with E-state index in [0.717, 1.165) is 6.20 Å². The summed E-state index contributed by atoms with van der Waals surface area (Å²) in [6.45, 7) is 0.238. The van der Waals surface area contributed by atoms with Crippen LogP contribution in [0.15, 0.2) is 33.2 Å². The highest BCUT2D eigenvalue weighted by Crippen LogP contribution is 2.32. The van der Waals surface area contributed by atoms with Crippen LogP contribution in [0.3, 0.4) is 0 Å². The fraction of sp³-hybridized carbons (Fsp3) is 0.100. The molecule has 0 unspecified atom stereocenters. The van der Waals surface area contributed by atoms with Crippen molar-refractivity contribution in [2.45, 2.75) is 11.4 Å². The number of pyridine rings is 1. The molecule has 2 rings (SSSR count). The van der Waals surface area contributed by atoms with E-state index in [-0.39, 0.29) is 17.1 Å². The summed E-state index contributed by atoms with van der Waals surface area (Å²) in [5, 5.41) is 0. The standard InChI is InChI=1S/C10H9BrFN3O2S2/c11-10-9(3-6(4-13)18-10)19(16,17)15-8-1-2-14-5-7(8)12/h1-3,5H,4,13H2,(H,14,15). The maximum Gasteiger partial charge on any atom is 0.263 e. The average molecular weight is 366 g/mol. The van der Waals surface area contributed by atoms with Crippen LogP contribution in [0.25, 0.3) is 0 Å². The van der Waals surface area contributed by atoms with Gasteiger partial charge in [-0.05, 0) is 28.1 Å². The Morgan fingerprint density at radius 1 is 1.53 bits per heavy atom. The number of nitrogens with two attached hydrogens (primary N) is 1. The summed E-state index contributed by atoms with van der Waals surface area (Å²) in [5.41, 5.74) is 5.31. The van der Waals surface area contributed by atoms with Crippen molar-refractivity contribution < 1.29 is 12.8 Å². The summed E-state index contributed by atoms with van der Waals surface area (Å²) in [7, 11) is -3.87. The first kappa shape index (κ1) is 14.4. The topological polar surface area (TPSA) is 85.1 Å². The SMILES string of the molecule is NCc1cc(S(=O)(=O)Nc2ccncc2F)c(Br)s1. The van der Waals surface area contributed by atoms with Crippen LogP contribution in [0.2, 0.25) is 0 Å². The lowest BCUT2D eigenvalue weighted by molar-refractivity contribution is 0.598. The molecule has 19 heavy (non-hydrogen) atoms. The molecule has 0 amide bonds. The van der Waals surface area contributed by atoms with Crippen LogP contribution in [0, 0.1) is 5.82 Å². The lowest BCUT2D eigenvalue weighted by atomic mass is 10.4. The van der Waals surface area contributed by atoms with Crippen LogP contribution in [-0.2, 0) is 16.6 Å². The Kier molecular flexibility index (Phi) is 4.19. The highest BCUT2D eigenvalue weighted by Gasteiger charge is 2.21. The fourth-order valence-corrected chi connectivity index (χ4v) is 4.97. The van der Waals surface area contributed by atoms with Crippen molar-refractivity contribution in [3.8, 4) is 0 Å². The molecular formula is C10H9BrFN3O2S2. The lowest BCUT2D eigenvalue weighted by Gasteiger charge is -2.07. The predicted molar refractivity (Wildman–Crippen MR) is 74.9 cm³/mol. The summed E-state index contributed by atoms with van der Waals surface area (Å²) >= 11 is 4.39. The quantitative estimate of drug-likeness (QED) is 0.870. The van der Waals surface area contributed by atoms with Crippen molar-refractivity contribution in [3.63, 3.8) is 0 Å². The van der Waals surface area contributed by atoms with Gasteiger partial charge in [-0.15, -0.1) is 11.3 Å². The molecule has 0 bridgehead atoms. The van der Waals surface area contributed by atoms with E-state index in [4.69, 9.17) is 5.73 Å². The molecule has 3 N–H and O–H groups in total. The average Bonchev–Trinajstić information content (AvgIpc) is 2.74. The summed E-state index contributed by atoms with van der Waals surface area (Å²) in [5.74, 6) is -0.739. The van der Waals surface area contributed by atoms with Crippen LogP contribution >= 0.6 is 27.3 Å². The second-order valence-corrected chi connectivity index (χ2v) is 7.62. The zero-order valence-corrected chi connectivity index (χ0v) is 12.6. The Balaban J connectivity index is 2.38. The third-order valence-electron chi connectivity index (χ3n) is 2.21. The van der Waals surface area contributed by atoms with Crippen molar-refractivity contribution in [2.75, 3.05) is 4.72 Å². The first-order chi connectivity index (χ1) is 8.94. The number of aromatic nitrogens is 1. The number of thiophene rings is 1. The molecule has 0 saturated heterocycles. The van der Waals surface area contributed by atoms with Crippen LogP contribution in [0.5, 0.6) is 0 Å². The molecule has 9 heteroatoms. The number of halogens is 2. The Morgan fingerprint density at radius 3 is 2.84 bits per heavy atom. The molecule has 0 aliphatic carbocycles. The van der Waals surface area contributed by atoms with Gasteiger partial charge in [-0.3, -0.25) is 9.71 Å². The summed E-state index contributed by atoms with van der Waals surface area (Å²) in [4.78, 5) is 4.30. The number of nitrogens with zero attached hydrogens (tertiary/aromatic N) is 1. The van der Waals surface area contributed by atoms with Gasteiger partial charge < -0.3 is 5.73 Å². The van der Waals surface area contributed by atoms with Crippen LogP contribution in [0.1, 0.15) is 4.88 Å². The van der Waals surface area contributed by atoms with E-state index < -0.39 is 15.8 Å². The smallest absolute Gasteiger partial charge is 0.263 e. The van der Waals surface area contributed by atoms with Gasteiger partial charge >= 0.3 is 0 Å². The second kappa shape index (κ2) is 5.53. The van der Waals surface area contributed by atoms with E-state index >= 15 is 0 Å². The number of anilines is 1. The maximum atomic E-state index is 13.4. The van der Waals surface area contributed by atoms with Gasteiger partial charge in [0.05, 0.1) is 15.7 Å². The minimum absolute atomic E-state index is 0.0363. The maximum absolute atomic E-state index is 13.4. The third kappa shape index (κ3) is 3.11. The van der Waals surface area contributed by atoms with Gasteiger partial charge in [-0.1, -0.05) is 0 Å². The van der Waals surface area contributed by atoms with Crippen molar-refractivity contribution in [3.05, 3.63) is 39.0 Å². The molecule has 5 nitrogen and oxygen atoms in total. The Bertz CT molecular complexity index is 703. The Morgan fingerprint density at radius 2 is 2.26 bits per heavy atom. The molecule has 0 spiro atoms. The Hall–Kier alpha value is -1.03. The van der Waals surface area contributed by atoms with Gasteiger partial charge in [0.25, 0.3) is 10.0 Å². The zero-order valence-electron chi connectivity index (χ0n) is 9.43. The van der Waals surface area contributed by atoms with Gasteiger partial charge in [0, 0.05) is 17.6 Å². The molecule has 0 atom stereocenters. The normalized spacial score (nSPS) is 11.5. The minimum Gasteiger partial charge on any atom is -0.326 e. The van der Waals surface area contributed by atoms with Crippen molar-refractivity contribution in [1.29, 1.82) is 0 Å². The van der Waals surface area contributed by atoms with Crippen LogP contribution in [0.4, 0.5) is 10.1 Å². The zero-order chi connectivity index (χ0) is 14.0. The first-order valence-electron chi connectivity index (χ1n) is 5.04. The molecule has 0 aliphatic rings. The van der Waals surface area contributed by atoms with E-state index in [1.54, 1.807) is 0 Å². The summed E-state index contributed by atoms with van der Waals surface area (Å²) in [6, 6.07) is 2.70. The largest absolute Gasteiger partial charge is 0.326 e. The highest BCUT2D eigenvalue weighted by molar-refractivity contribution is 9.11. The molecule has 0 fully saturated rings. The lowest BCUT2D eigenvalue weighted by Crippen LogP contribution is -2.13. The third-order valence-corrected chi connectivity index (χ3v) is 5.85. The van der Waals surface area contributed by atoms with Gasteiger partial charge in [-0.2, -0.15) is 0 Å². The van der Waals surface area contributed by atoms with E-state index in [2.05, 4.69) is 25.6 Å². The number of rotatable bonds is 4. The van der Waals surface area contributed by atoms with E-state index in [1.807, 2.05) is 0 Å². The van der Waals surface area contributed by atoms with Crippen molar-refractivity contribution >= 4 is 43.0 Å². The van der Waals surface area contributed by atoms with E-state index in [9.17, 15) is 12.8 Å².